The molecule has 1 atom stereocenters. The molecule has 0 saturated heterocycles. The van der Waals surface area contributed by atoms with E-state index < -0.39 is 0 Å². The lowest BCUT2D eigenvalue weighted by molar-refractivity contribution is 0.0842. The van der Waals surface area contributed by atoms with E-state index in [2.05, 4.69) is 0 Å². The number of ketones is 1. The SMILES string of the molecule is CCCC1Oc2c(OCC)cccc2C1=O. The first-order valence-electron chi connectivity index (χ1n) is 5.74. The third-order valence-electron chi connectivity index (χ3n) is 2.65. The van der Waals surface area contributed by atoms with Crippen LogP contribution in [0.4, 0.5) is 0 Å². The lowest BCUT2D eigenvalue weighted by Gasteiger charge is -2.10. The topological polar surface area (TPSA) is 35.5 Å². The second-order valence-electron chi connectivity index (χ2n) is 3.83. The largest absolute Gasteiger partial charge is 0.490 e. The molecule has 1 aliphatic heterocycles. The first-order chi connectivity index (χ1) is 7.77. The van der Waals surface area contributed by atoms with Crippen molar-refractivity contribution >= 4 is 5.78 Å². The molecule has 0 N–H and O–H groups in total. The Morgan fingerprint density at radius 2 is 2.19 bits per heavy atom. The lowest BCUT2D eigenvalue weighted by Crippen LogP contribution is -2.19. The van der Waals surface area contributed by atoms with Crippen LogP contribution in [0.15, 0.2) is 18.2 Å². The average Bonchev–Trinajstić information content (AvgIpc) is 2.59. The predicted molar refractivity (Wildman–Crippen MR) is 61.3 cm³/mol. The Hall–Kier alpha value is -1.51. The molecule has 0 radical (unpaired) electrons. The van der Waals surface area contributed by atoms with Gasteiger partial charge in [0, 0.05) is 0 Å². The van der Waals surface area contributed by atoms with Crippen LogP contribution in [0, 0.1) is 0 Å². The molecule has 16 heavy (non-hydrogen) atoms. The molecule has 1 unspecified atom stereocenters. The van der Waals surface area contributed by atoms with Crippen molar-refractivity contribution in [2.45, 2.75) is 32.8 Å². The van der Waals surface area contributed by atoms with Gasteiger partial charge in [0.05, 0.1) is 12.2 Å². The molecule has 1 heterocycles. The Morgan fingerprint density at radius 1 is 1.38 bits per heavy atom. The fraction of sp³-hybridized carbons (Fsp3) is 0.462. The molecule has 1 aromatic carbocycles. The molecule has 0 bridgehead atoms. The number of hydrogen-bond donors (Lipinski definition) is 0. The zero-order valence-electron chi connectivity index (χ0n) is 9.66. The summed E-state index contributed by atoms with van der Waals surface area (Å²) in [6, 6.07) is 5.47. The summed E-state index contributed by atoms with van der Waals surface area (Å²) in [5.74, 6) is 1.37. The summed E-state index contributed by atoms with van der Waals surface area (Å²) in [5.41, 5.74) is 0.657. The maximum atomic E-state index is 12.0. The molecule has 0 saturated carbocycles. The number of fused-ring (bicyclic) bond motifs is 1. The number of carbonyl (C=O) groups excluding carboxylic acids is 1. The molecule has 3 nitrogen and oxygen atoms in total. The van der Waals surface area contributed by atoms with E-state index in [0.29, 0.717) is 23.7 Å². The fourth-order valence-corrected chi connectivity index (χ4v) is 1.92. The van der Waals surface area contributed by atoms with Crippen LogP contribution in [-0.4, -0.2) is 18.5 Å². The van der Waals surface area contributed by atoms with Gasteiger partial charge in [0.15, 0.2) is 17.6 Å². The summed E-state index contributed by atoms with van der Waals surface area (Å²) in [6.07, 6.45) is 1.38. The van der Waals surface area contributed by atoms with Gasteiger partial charge < -0.3 is 9.47 Å². The standard InChI is InChI=1S/C13H16O3/c1-3-6-10-12(14)9-7-5-8-11(15-4-2)13(9)16-10/h5,7-8,10H,3-4,6H2,1-2H3. The van der Waals surface area contributed by atoms with Crippen LogP contribution in [0.1, 0.15) is 37.0 Å². The molecule has 0 aliphatic carbocycles. The fourth-order valence-electron chi connectivity index (χ4n) is 1.92. The summed E-state index contributed by atoms with van der Waals surface area (Å²) in [5, 5.41) is 0. The maximum Gasteiger partial charge on any atom is 0.207 e. The van der Waals surface area contributed by atoms with Crippen LogP contribution in [0.2, 0.25) is 0 Å². The number of benzene rings is 1. The number of para-hydroxylation sites is 1. The van der Waals surface area contributed by atoms with Gasteiger partial charge in [-0.25, -0.2) is 0 Å². The number of carbonyl (C=O) groups is 1. The second-order valence-corrected chi connectivity index (χ2v) is 3.83. The van der Waals surface area contributed by atoms with Crippen LogP contribution in [0.5, 0.6) is 11.5 Å². The van der Waals surface area contributed by atoms with Gasteiger partial charge >= 0.3 is 0 Å². The molecule has 86 valence electrons. The molecule has 0 amide bonds. The van der Waals surface area contributed by atoms with Gasteiger partial charge in [0.25, 0.3) is 0 Å². The Balaban J connectivity index is 2.31. The minimum atomic E-state index is -0.318. The molecular weight excluding hydrogens is 204 g/mol. The van der Waals surface area contributed by atoms with Gasteiger partial charge in [0.2, 0.25) is 5.78 Å². The van der Waals surface area contributed by atoms with E-state index >= 15 is 0 Å². The highest BCUT2D eigenvalue weighted by Gasteiger charge is 2.33. The number of Topliss-reactive ketones (excluding diaryl/α,β-unsaturated/α-hetero) is 1. The van der Waals surface area contributed by atoms with Gasteiger partial charge in [-0.3, -0.25) is 4.79 Å². The van der Waals surface area contributed by atoms with Crippen molar-refractivity contribution < 1.29 is 14.3 Å². The summed E-state index contributed by atoms with van der Waals surface area (Å²) in [4.78, 5) is 12.0. The van der Waals surface area contributed by atoms with Crippen molar-refractivity contribution in [1.29, 1.82) is 0 Å². The predicted octanol–water partition coefficient (Wildman–Crippen LogP) is 2.83. The van der Waals surface area contributed by atoms with Crippen molar-refractivity contribution in [3.63, 3.8) is 0 Å². The quantitative estimate of drug-likeness (QED) is 0.782. The summed E-state index contributed by atoms with van der Waals surface area (Å²) < 4.78 is 11.1. The molecule has 3 heteroatoms. The molecule has 0 aromatic heterocycles. The Bertz CT molecular complexity index is 398. The van der Waals surface area contributed by atoms with E-state index in [4.69, 9.17) is 9.47 Å². The molecule has 0 spiro atoms. The van der Waals surface area contributed by atoms with Crippen molar-refractivity contribution in [1.82, 2.24) is 0 Å². The third kappa shape index (κ3) is 1.77. The first-order valence-corrected chi connectivity index (χ1v) is 5.74. The van der Waals surface area contributed by atoms with E-state index in [-0.39, 0.29) is 11.9 Å². The van der Waals surface area contributed by atoms with Crippen molar-refractivity contribution in [2.75, 3.05) is 6.61 Å². The molecule has 0 fully saturated rings. The van der Waals surface area contributed by atoms with Crippen LogP contribution in [-0.2, 0) is 0 Å². The second kappa shape index (κ2) is 4.56. The highest BCUT2D eigenvalue weighted by Crippen LogP contribution is 2.38. The lowest BCUT2D eigenvalue weighted by atomic mass is 10.1. The zero-order chi connectivity index (χ0) is 11.5. The third-order valence-corrected chi connectivity index (χ3v) is 2.65. The highest BCUT2D eigenvalue weighted by molar-refractivity contribution is 6.05. The van der Waals surface area contributed by atoms with Gasteiger partial charge in [0.1, 0.15) is 0 Å². The van der Waals surface area contributed by atoms with E-state index in [9.17, 15) is 4.79 Å². The molecule has 1 aromatic rings. The smallest absolute Gasteiger partial charge is 0.207 e. The van der Waals surface area contributed by atoms with E-state index in [1.807, 2.05) is 26.0 Å². The van der Waals surface area contributed by atoms with Crippen molar-refractivity contribution in [2.24, 2.45) is 0 Å². The summed E-state index contributed by atoms with van der Waals surface area (Å²) >= 11 is 0. The Morgan fingerprint density at radius 3 is 2.88 bits per heavy atom. The van der Waals surface area contributed by atoms with Crippen molar-refractivity contribution in [3.05, 3.63) is 23.8 Å². The maximum absolute atomic E-state index is 12.0. The first kappa shape index (κ1) is 11.0. The summed E-state index contributed by atoms with van der Waals surface area (Å²) in [7, 11) is 0. The van der Waals surface area contributed by atoms with Gasteiger partial charge in [-0.05, 0) is 25.5 Å². The average molecular weight is 220 g/mol. The van der Waals surface area contributed by atoms with Gasteiger partial charge in [-0.2, -0.15) is 0 Å². The van der Waals surface area contributed by atoms with Crippen LogP contribution in [0.3, 0.4) is 0 Å². The number of hydrogen-bond acceptors (Lipinski definition) is 3. The molecule has 1 aliphatic rings. The van der Waals surface area contributed by atoms with Crippen LogP contribution >= 0.6 is 0 Å². The minimum Gasteiger partial charge on any atom is -0.490 e. The van der Waals surface area contributed by atoms with Gasteiger partial charge in [-0.1, -0.05) is 19.4 Å². The van der Waals surface area contributed by atoms with E-state index in [0.717, 1.165) is 12.8 Å². The number of rotatable bonds is 4. The normalized spacial score (nSPS) is 18.1. The minimum absolute atomic E-state index is 0.0819. The van der Waals surface area contributed by atoms with Crippen LogP contribution in [0.25, 0.3) is 0 Å². The summed E-state index contributed by atoms with van der Waals surface area (Å²) in [6.45, 7) is 4.54. The van der Waals surface area contributed by atoms with Crippen molar-refractivity contribution in [3.8, 4) is 11.5 Å². The Kier molecular flexibility index (Phi) is 3.13. The van der Waals surface area contributed by atoms with E-state index in [1.165, 1.54) is 0 Å². The zero-order valence-corrected chi connectivity index (χ0v) is 9.66. The Labute approximate surface area is 95.4 Å². The monoisotopic (exact) mass is 220 g/mol. The highest BCUT2D eigenvalue weighted by atomic mass is 16.5. The van der Waals surface area contributed by atoms with E-state index in [1.54, 1.807) is 6.07 Å². The molecular formula is C13H16O3. The number of ether oxygens (including phenoxy) is 2. The van der Waals surface area contributed by atoms with Gasteiger partial charge in [-0.15, -0.1) is 0 Å². The molecule has 2 rings (SSSR count). The van der Waals surface area contributed by atoms with Crippen LogP contribution < -0.4 is 9.47 Å².